The lowest BCUT2D eigenvalue weighted by atomic mass is 9.33. The van der Waals surface area contributed by atoms with Crippen LogP contribution in [0.3, 0.4) is 0 Å². The number of hydrogen-bond donors (Lipinski definition) is 3. The maximum Gasteiger partial charge on any atom is 0.313 e. The van der Waals surface area contributed by atoms with Gasteiger partial charge in [0.2, 0.25) is 5.88 Å². The smallest absolute Gasteiger partial charge is 0.313 e. The van der Waals surface area contributed by atoms with Gasteiger partial charge in [0.05, 0.1) is 10.9 Å². The van der Waals surface area contributed by atoms with E-state index in [9.17, 15) is 23.4 Å². The van der Waals surface area contributed by atoms with Crippen LogP contribution in [0.15, 0.2) is 59.8 Å². The number of rotatable bonds is 11. The molecule has 0 radical (unpaired) electrons. The molecule has 9 heteroatoms. The van der Waals surface area contributed by atoms with Crippen molar-refractivity contribution in [1.82, 2.24) is 10.3 Å². The number of hydrogen-bond acceptors (Lipinski definition) is 7. The number of ether oxygens (including phenoxy) is 1. The zero-order valence-electron chi connectivity index (χ0n) is 38.0. The van der Waals surface area contributed by atoms with E-state index in [-0.39, 0.29) is 39.1 Å². The minimum Gasteiger partial charge on any atom is -0.481 e. The monoisotopic (exact) mass is 845 g/mol. The molecule has 1 aromatic heterocycles. The van der Waals surface area contributed by atoms with Gasteiger partial charge < -0.3 is 20.3 Å². The average molecular weight is 845 g/mol. The second kappa shape index (κ2) is 15.3. The predicted molar refractivity (Wildman–Crippen MR) is 239 cm³/mol. The number of aliphatic carboxylic acids is 1. The summed E-state index contributed by atoms with van der Waals surface area (Å²) in [5, 5.41) is 25.9. The Morgan fingerprint density at radius 2 is 1.65 bits per heavy atom. The van der Waals surface area contributed by atoms with E-state index in [0.29, 0.717) is 80.4 Å². The summed E-state index contributed by atoms with van der Waals surface area (Å²) in [6.45, 7) is 20.8. The largest absolute Gasteiger partial charge is 0.481 e. The Kier molecular flexibility index (Phi) is 11.3. The normalized spacial score (nSPS) is 43.6. The van der Waals surface area contributed by atoms with Crippen molar-refractivity contribution in [2.75, 3.05) is 19.4 Å². The van der Waals surface area contributed by atoms with Crippen molar-refractivity contribution in [3.63, 3.8) is 0 Å². The summed E-state index contributed by atoms with van der Waals surface area (Å²) in [6.07, 6.45) is 23.4. The number of carbonyl (C=O) groups is 1. The zero-order valence-corrected chi connectivity index (χ0v) is 38.8. The fourth-order valence-electron chi connectivity index (χ4n) is 16.1. The molecule has 2 unspecified atom stereocenters. The summed E-state index contributed by atoms with van der Waals surface area (Å²) in [7, 11) is -3.07. The Morgan fingerprint density at radius 3 is 2.28 bits per heavy atom. The van der Waals surface area contributed by atoms with Crippen molar-refractivity contribution in [1.29, 1.82) is 0 Å². The van der Waals surface area contributed by atoms with Crippen molar-refractivity contribution in [3.05, 3.63) is 59.8 Å². The molecule has 0 spiro atoms. The highest BCUT2D eigenvalue weighted by Gasteiger charge is 2.70. The summed E-state index contributed by atoms with van der Waals surface area (Å²) in [5.41, 5.74) is 3.07. The first kappa shape index (κ1) is 44.1. The Balaban J connectivity index is 0.999. The van der Waals surface area contributed by atoms with Gasteiger partial charge in [0.15, 0.2) is 0 Å². The van der Waals surface area contributed by atoms with Crippen molar-refractivity contribution in [2.24, 2.45) is 56.7 Å². The van der Waals surface area contributed by atoms with Gasteiger partial charge in [0.25, 0.3) is 0 Å². The highest BCUT2D eigenvalue weighted by molar-refractivity contribution is 7.91. The van der Waals surface area contributed by atoms with E-state index < -0.39 is 26.8 Å². The van der Waals surface area contributed by atoms with E-state index in [1.807, 2.05) is 12.1 Å². The van der Waals surface area contributed by atoms with Crippen LogP contribution in [0.25, 0.3) is 0 Å². The molecule has 5 fully saturated rings. The van der Waals surface area contributed by atoms with Crippen molar-refractivity contribution in [2.45, 2.75) is 167 Å². The fourth-order valence-corrected chi connectivity index (χ4v) is 17.2. The number of fused-ring (bicyclic) bond motifs is 7. The summed E-state index contributed by atoms with van der Waals surface area (Å²) in [4.78, 5) is 17.0. The molecular weight excluding hydrogens is 769 g/mol. The third-order valence-corrected chi connectivity index (χ3v) is 21.4. The van der Waals surface area contributed by atoms with E-state index >= 15 is 0 Å². The lowest BCUT2D eigenvalue weighted by Gasteiger charge is -2.72. The van der Waals surface area contributed by atoms with E-state index in [1.165, 1.54) is 74.3 Å². The molecule has 8 rings (SSSR count). The number of carboxylic acids is 1. The van der Waals surface area contributed by atoms with Gasteiger partial charge in [-0.25, -0.2) is 13.4 Å². The molecule has 5 saturated carbocycles. The summed E-state index contributed by atoms with van der Waals surface area (Å²) >= 11 is 0. The van der Waals surface area contributed by atoms with Gasteiger partial charge in [0.1, 0.15) is 21.9 Å². The molecule has 8 nitrogen and oxygen atoms in total. The molecular formula is C51H76N2O6S. The van der Waals surface area contributed by atoms with E-state index in [2.05, 4.69) is 70.6 Å². The lowest BCUT2D eigenvalue weighted by Crippen LogP contribution is -2.68. The number of allylic oxidation sites excluding steroid dienone is 5. The SMILES string of the molecule is C=C(C)C1CC[C@]2(NCC[C@]3(O)CC[C@@H](S(C)(=O)=O)CC3)CC[C@]3(C)[C@H](CC[C@@H]4[C@@]5(C)CC=C(C6=CCC(COc7ccccn7)(C(=O)O)CC6)C(C)(C)[C@@H]5CC[C@]43C)[C@@H]12. The standard InChI is InChI=1S/C51H76N2O6S/c1-34(2)37-18-27-51(53-32-30-50(56)25-16-36(17-26-50)60(8,57)58)29-28-47(6)39(43(37)51)12-13-41-46(5)21-19-38(45(3,4)40(46)20-22-48(41,47)7)35-14-23-49(24-15-35,44(54)55)33-59-42-11-9-10-31-52-42/h9-11,14,19,31,36-37,39-41,43,53,56H,1,12-13,15-18,20-30,32-33H2,2-8H3,(H,54,55)/t36-,37?,39-,40+,41-,43-,46+,47-,48-,49?,50+,51+/m1/s1. The maximum absolute atomic E-state index is 12.7. The molecule has 0 amide bonds. The number of nitrogens with zero attached hydrogens (tertiary/aromatic N) is 1. The predicted octanol–water partition coefficient (Wildman–Crippen LogP) is 10.3. The van der Waals surface area contributed by atoms with Gasteiger partial charge in [-0.1, -0.05) is 65.0 Å². The summed E-state index contributed by atoms with van der Waals surface area (Å²) in [6, 6.07) is 5.48. The van der Waals surface area contributed by atoms with Gasteiger partial charge in [-0.05, 0) is 191 Å². The number of sulfone groups is 1. The molecule has 3 N–H and O–H groups in total. The Labute approximate surface area is 361 Å². The quantitative estimate of drug-likeness (QED) is 0.188. The molecule has 0 aromatic carbocycles. The van der Waals surface area contributed by atoms with Crippen molar-refractivity contribution < 1.29 is 28.2 Å². The molecule has 1 aromatic rings. The van der Waals surface area contributed by atoms with Gasteiger partial charge in [-0.15, -0.1) is 0 Å². The highest BCUT2D eigenvalue weighted by atomic mass is 32.2. The Morgan fingerprint density at radius 1 is 0.900 bits per heavy atom. The molecule has 1 heterocycles. The molecule has 7 aliphatic carbocycles. The fraction of sp³-hybridized carbons (Fsp3) is 0.765. The number of nitrogens with one attached hydrogen (secondary N) is 1. The molecule has 7 aliphatic rings. The van der Waals surface area contributed by atoms with Gasteiger partial charge in [-0.2, -0.15) is 0 Å². The lowest BCUT2D eigenvalue weighted by molar-refractivity contribution is -0.221. The van der Waals surface area contributed by atoms with Crippen LogP contribution in [0, 0.1) is 56.7 Å². The molecule has 0 saturated heterocycles. The van der Waals surface area contributed by atoms with Gasteiger partial charge in [0, 0.05) is 24.1 Å². The number of pyridine rings is 1. The van der Waals surface area contributed by atoms with Crippen LogP contribution < -0.4 is 10.1 Å². The third-order valence-electron chi connectivity index (χ3n) is 19.7. The van der Waals surface area contributed by atoms with Crippen molar-refractivity contribution in [3.8, 4) is 5.88 Å². The molecule has 332 valence electrons. The van der Waals surface area contributed by atoms with Crippen LogP contribution in [0.4, 0.5) is 0 Å². The van der Waals surface area contributed by atoms with Crippen molar-refractivity contribution >= 4 is 15.8 Å². The molecule has 0 aliphatic heterocycles. The number of carboxylic acid groups (broad SMARTS) is 1. The average Bonchev–Trinajstić information content (AvgIpc) is 3.58. The summed E-state index contributed by atoms with van der Waals surface area (Å²) in [5.74, 6) is 2.52. The first-order valence-corrected chi connectivity index (χ1v) is 25.6. The summed E-state index contributed by atoms with van der Waals surface area (Å²) < 4.78 is 30.4. The van der Waals surface area contributed by atoms with Crippen LogP contribution in [-0.2, 0) is 14.6 Å². The van der Waals surface area contributed by atoms with E-state index in [1.54, 1.807) is 12.3 Å². The van der Waals surface area contributed by atoms with E-state index in [0.717, 1.165) is 19.4 Å². The maximum atomic E-state index is 12.7. The minimum absolute atomic E-state index is 0.0121. The zero-order chi connectivity index (χ0) is 43.1. The van der Waals surface area contributed by atoms with Crippen LogP contribution in [0.1, 0.15) is 151 Å². The number of aliphatic hydroxyl groups is 1. The first-order valence-electron chi connectivity index (χ1n) is 23.6. The second-order valence-corrected chi connectivity index (χ2v) is 25.1. The number of aromatic nitrogens is 1. The molecule has 60 heavy (non-hydrogen) atoms. The van der Waals surface area contributed by atoms with Crippen LogP contribution >= 0.6 is 0 Å². The van der Waals surface area contributed by atoms with Gasteiger partial charge in [-0.3, -0.25) is 4.79 Å². The molecule has 0 bridgehead atoms. The first-order chi connectivity index (χ1) is 28.1. The third kappa shape index (κ3) is 7.09. The van der Waals surface area contributed by atoms with Crippen LogP contribution in [0.5, 0.6) is 5.88 Å². The topological polar surface area (TPSA) is 126 Å². The Hall–Kier alpha value is -2.49. The Bertz CT molecular complexity index is 2000. The molecule has 10 atom stereocenters. The van der Waals surface area contributed by atoms with Gasteiger partial charge >= 0.3 is 5.97 Å². The second-order valence-electron chi connectivity index (χ2n) is 22.8. The van der Waals surface area contributed by atoms with Crippen LogP contribution in [-0.4, -0.2) is 65.4 Å². The highest BCUT2D eigenvalue weighted by Crippen LogP contribution is 2.76. The van der Waals surface area contributed by atoms with Crippen LogP contribution in [0.2, 0.25) is 0 Å². The minimum atomic E-state index is -3.07. The van der Waals surface area contributed by atoms with E-state index in [4.69, 9.17) is 4.74 Å².